The van der Waals surface area contributed by atoms with Crippen molar-refractivity contribution in [2.24, 2.45) is 0 Å². The van der Waals surface area contributed by atoms with E-state index in [9.17, 15) is 14.9 Å². The predicted octanol–water partition coefficient (Wildman–Crippen LogP) is 3.78. The van der Waals surface area contributed by atoms with Crippen LogP contribution in [0.4, 0.5) is 0 Å². The van der Waals surface area contributed by atoms with Crippen LogP contribution in [0, 0.1) is 11.3 Å². The van der Waals surface area contributed by atoms with Gasteiger partial charge in [0.1, 0.15) is 23.0 Å². The number of esters is 2. The third-order valence-corrected chi connectivity index (χ3v) is 3.72. The highest BCUT2D eigenvalue weighted by Crippen LogP contribution is 2.31. The number of ether oxygens (including phenoxy) is 4. The lowest BCUT2D eigenvalue weighted by molar-refractivity contribution is -0.137. The van der Waals surface area contributed by atoms with E-state index in [1.165, 1.54) is 19.3 Å². The Labute approximate surface area is 169 Å². The van der Waals surface area contributed by atoms with Crippen LogP contribution in [0.2, 0.25) is 0 Å². The van der Waals surface area contributed by atoms with Crippen LogP contribution in [0.3, 0.4) is 0 Å². The van der Waals surface area contributed by atoms with E-state index >= 15 is 0 Å². The first kappa shape index (κ1) is 21.5. The van der Waals surface area contributed by atoms with Crippen LogP contribution in [-0.4, -0.2) is 32.3 Å². The summed E-state index contributed by atoms with van der Waals surface area (Å²) in [7, 11) is 1.47. The molecule has 0 saturated carbocycles. The zero-order valence-corrected chi connectivity index (χ0v) is 16.4. The highest BCUT2D eigenvalue weighted by Gasteiger charge is 2.17. The monoisotopic (exact) mass is 395 g/mol. The molecule has 0 radical (unpaired) electrons. The minimum atomic E-state index is -0.709. The van der Waals surface area contributed by atoms with Gasteiger partial charge in [-0.1, -0.05) is 18.2 Å². The summed E-state index contributed by atoms with van der Waals surface area (Å²) >= 11 is 0. The number of carbonyl (C=O) groups is 2. The molecule has 2 aromatic rings. The normalized spacial score (nSPS) is 10.6. The van der Waals surface area contributed by atoms with Gasteiger partial charge in [-0.2, -0.15) is 5.26 Å². The van der Waals surface area contributed by atoms with Gasteiger partial charge in [0.25, 0.3) is 0 Å². The number of hydrogen-bond donors (Lipinski definition) is 0. The number of benzene rings is 2. The van der Waals surface area contributed by atoms with Crippen LogP contribution in [0.25, 0.3) is 6.08 Å². The second kappa shape index (κ2) is 10.5. The maximum atomic E-state index is 12.5. The molecule has 0 unspecified atom stereocenters. The van der Waals surface area contributed by atoms with Crippen molar-refractivity contribution in [1.29, 1.82) is 5.26 Å². The van der Waals surface area contributed by atoms with Crippen molar-refractivity contribution >= 4 is 18.0 Å². The number of rotatable bonds is 8. The summed E-state index contributed by atoms with van der Waals surface area (Å²) < 4.78 is 21.1. The van der Waals surface area contributed by atoms with Crippen LogP contribution in [0.15, 0.2) is 48.0 Å². The van der Waals surface area contributed by atoms with Gasteiger partial charge in [-0.3, -0.25) is 0 Å². The summed E-state index contributed by atoms with van der Waals surface area (Å²) in [6.07, 6.45) is 1.38. The number of para-hydroxylation sites is 1. The third kappa shape index (κ3) is 5.59. The average Bonchev–Trinajstić information content (AvgIpc) is 2.73. The summed E-state index contributed by atoms with van der Waals surface area (Å²) in [4.78, 5) is 24.3. The molecule has 0 spiro atoms. The molecule has 0 aliphatic rings. The summed E-state index contributed by atoms with van der Waals surface area (Å²) in [5, 5.41) is 9.17. The highest BCUT2D eigenvalue weighted by molar-refractivity contribution is 5.98. The molecule has 0 amide bonds. The van der Waals surface area contributed by atoms with Gasteiger partial charge >= 0.3 is 11.9 Å². The summed E-state index contributed by atoms with van der Waals surface area (Å²) in [6, 6.07) is 13.2. The lowest BCUT2D eigenvalue weighted by Crippen LogP contribution is -2.11. The Morgan fingerprint density at radius 2 is 1.79 bits per heavy atom. The minimum Gasteiger partial charge on any atom is -0.496 e. The molecule has 0 aliphatic carbocycles. The topological polar surface area (TPSA) is 94.9 Å². The zero-order valence-electron chi connectivity index (χ0n) is 16.4. The number of nitrogens with zero attached hydrogens (tertiary/aromatic N) is 1. The summed E-state index contributed by atoms with van der Waals surface area (Å²) in [5.74, 6) is -0.418. The minimum absolute atomic E-state index is 0.145. The van der Waals surface area contributed by atoms with Crippen LogP contribution in [-0.2, 0) is 9.53 Å². The van der Waals surface area contributed by atoms with E-state index in [2.05, 4.69) is 0 Å². The SMILES string of the molecule is CCOC(=O)/C(C#N)=C/c1ccc(OC(=O)c2ccccc2OC)c(OCC)c1. The van der Waals surface area contributed by atoms with Crippen molar-refractivity contribution in [3.05, 3.63) is 59.2 Å². The molecular formula is C22H21NO6. The van der Waals surface area contributed by atoms with Crippen molar-refractivity contribution in [3.8, 4) is 23.3 Å². The van der Waals surface area contributed by atoms with Crippen molar-refractivity contribution in [2.45, 2.75) is 13.8 Å². The second-order valence-corrected chi connectivity index (χ2v) is 5.62. The molecule has 150 valence electrons. The third-order valence-electron chi connectivity index (χ3n) is 3.72. The first-order valence-corrected chi connectivity index (χ1v) is 8.95. The molecule has 7 nitrogen and oxygen atoms in total. The van der Waals surface area contributed by atoms with E-state index in [0.717, 1.165) is 0 Å². The Hall–Kier alpha value is -3.79. The van der Waals surface area contributed by atoms with Crippen molar-refractivity contribution < 1.29 is 28.5 Å². The molecule has 2 aromatic carbocycles. The number of hydrogen-bond acceptors (Lipinski definition) is 7. The van der Waals surface area contributed by atoms with Gasteiger partial charge in [-0.05, 0) is 49.8 Å². The van der Waals surface area contributed by atoms with Crippen molar-refractivity contribution in [1.82, 2.24) is 0 Å². The number of carbonyl (C=O) groups excluding carboxylic acids is 2. The quantitative estimate of drug-likeness (QED) is 0.290. The fourth-order valence-electron chi connectivity index (χ4n) is 2.45. The second-order valence-electron chi connectivity index (χ2n) is 5.62. The predicted molar refractivity (Wildman–Crippen MR) is 106 cm³/mol. The fourth-order valence-corrected chi connectivity index (χ4v) is 2.45. The molecular weight excluding hydrogens is 374 g/mol. The van der Waals surface area contributed by atoms with E-state index in [1.807, 2.05) is 6.07 Å². The van der Waals surface area contributed by atoms with Crippen LogP contribution < -0.4 is 14.2 Å². The lowest BCUT2D eigenvalue weighted by atomic mass is 10.1. The van der Waals surface area contributed by atoms with Crippen LogP contribution in [0.1, 0.15) is 29.8 Å². The van der Waals surface area contributed by atoms with E-state index in [-0.39, 0.29) is 23.5 Å². The zero-order chi connectivity index (χ0) is 21.2. The number of nitriles is 1. The molecule has 0 aliphatic heterocycles. The first-order chi connectivity index (χ1) is 14.0. The van der Waals surface area contributed by atoms with E-state index in [1.54, 1.807) is 50.2 Å². The Morgan fingerprint density at radius 3 is 2.45 bits per heavy atom. The van der Waals surface area contributed by atoms with Crippen molar-refractivity contribution in [3.63, 3.8) is 0 Å². The fraction of sp³-hybridized carbons (Fsp3) is 0.227. The number of methoxy groups -OCH3 is 1. The average molecular weight is 395 g/mol. The lowest BCUT2D eigenvalue weighted by Gasteiger charge is -2.13. The maximum absolute atomic E-state index is 12.5. The van der Waals surface area contributed by atoms with Gasteiger partial charge in [0.05, 0.1) is 20.3 Å². The largest absolute Gasteiger partial charge is 0.496 e. The van der Waals surface area contributed by atoms with Gasteiger partial charge in [-0.15, -0.1) is 0 Å². The Bertz CT molecular complexity index is 958. The first-order valence-electron chi connectivity index (χ1n) is 8.95. The molecule has 7 heteroatoms. The van der Waals surface area contributed by atoms with Crippen LogP contribution >= 0.6 is 0 Å². The maximum Gasteiger partial charge on any atom is 0.348 e. The summed E-state index contributed by atoms with van der Waals surface area (Å²) in [5.41, 5.74) is 0.652. The highest BCUT2D eigenvalue weighted by atomic mass is 16.6. The Morgan fingerprint density at radius 1 is 1.03 bits per heavy atom. The van der Waals surface area contributed by atoms with Crippen LogP contribution in [0.5, 0.6) is 17.2 Å². The molecule has 0 aromatic heterocycles. The Balaban J connectivity index is 2.33. The van der Waals surface area contributed by atoms with Crippen molar-refractivity contribution in [2.75, 3.05) is 20.3 Å². The van der Waals surface area contributed by atoms with Gasteiger partial charge in [-0.25, -0.2) is 9.59 Å². The molecule has 0 atom stereocenters. The summed E-state index contributed by atoms with van der Waals surface area (Å²) in [6.45, 7) is 3.94. The molecule has 0 N–H and O–H groups in total. The van der Waals surface area contributed by atoms with Gasteiger partial charge in [0.2, 0.25) is 0 Å². The molecule has 0 bridgehead atoms. The smallest absolute Gasteiger partial charge is 0.348 e. The standard InChI is InChI=1S/C22H21NO6/c1-4-27-20-13-15(12-16(14-23)21(24)28-5-2)10-11-19(20)29-22(25)17-8-6-7-9-18(17)26-3/h6-13H,4-5H2,1-3H3/b16-12+. The van der Waals surface area contributed by atoms with Gasteiger partial charge in [0.15, 0.2) is 11.5 Å². The molecule has 29 heavy (non-hydrogen) atoms. The van der Waals surface area contributed by atoms with E-state index in [0.29, 0.717) is 23.7 Å². The molecule has 0 fully saturated rings. The Kier molecular flexibility index (Phi) is 7.80. The van der Waals surface area contributed by atoms with E-state index in [4.69, 9.17) is 18.9 Å². The van der Waals surface area contributed by atoms with Gasteiger partial charge in [0, 0.05) is 0 Å². The van der Waals surface area contributed by atoms with E-state index < -0.39 is 11.9 Å². The molecule has 0 heterocycles. The molecule has 2 rings (SSSR count). The molecule has 0 saturated heterocycles. The van der Waals surface area contributed by atoms with Gasteiger partial charge < -0.3 is 18.9 Å².